The highest BCUT2D eigenvalue weighted by molar-refractivity contribution is 7.18. The maximum atomic E-state index is 12.0. The fourth-order valence-electron chi connectivity index (χ4n) is 1.91. The van der Waals surface area contributed by atoms with E-state index in [4.69, 9.17) is 5.11 Å². The van der Waals surface area contributed by atoms with Crippen molar-refractivity contribution in [2.24, 2.45) is 5.92 Å². The van der Waals surface area contributed by atoms with Crippen molar-refractivity contribution in [3.8, 4) is 0 Å². The lowest BCUT2D eigenvalue weighted by Crippen LogP contribution is -2.36. The number of anilines is 1. The van der Waals surface area contributed by atoms with E-state index in [1.54, 1.807) is 31.4 Å². The summed E-state index contributed by atoms with van der Waals surface area (Å²) in [6, 6.07) is 5.18. The molecule has 1 aromatic heterocycles. The van der Waals surface area contributed by atoms with Gasteiger partial charge in [-0.2, -0.15) is 0 Å². The van der Waals surface area contributed by atoms with Crippen LogP contribution in [0.4, 0.5) is 10.5 Å². The monoisotopic (exact) mass is 307 g/mol. The van der Waals surface area contributed by atoms with E-state index < -0.39 is 11.9 Å². The number of nitrogens with one attached hydrogen (secondary N) is 1. The quantitative estimate of drug-likeness (QED) is 0.910. The standard InChI is InChI=1S/C14H17N3O3S/c1-8(13(18)19)7-17(3)14(20)16-10-4-5-11-12(6-10)21-9(2)15-11/h4-6,8H,7H2,1-3H3,(H,16,20)(H,18,19). The summed E-state index contributed by atoms with van der Waals surface area (Å²) in [6.07, 6.45) is 0. The number of thiazole rings is 1. The number of hydrogen-bond acceptors (Lipinski definition) is 4. The number of amides is 2. The molecule has 1 unspecified atom stereocenters. The number of carbonyl (C=O) groups is 2. The highest BCUT2D eigenvalue weighted by Gasteiger charge is 2.17. The van der Waals surface area contributed by atoms with Gasteiger partial charge in [0, 0.05) is 19.3 Å². The second kappa shape index (κ2) is 6.09. The third-order valence-corrected chi connectivity index (χ3v) is 4.00. The van der Waals surface area contributed by atoms with Crippen molar-refractivity contribution < 1.29 is 14.7 Å². The van der Waals surface area contributed by atoms with E-state index in [2.05, 4.69) is 10.3 Å². The van der Waals surface area contributed by atoms with E-state index in [-0.39, 0.29) is 12.6 Å². The molecule has 0 saturated heterocycles. The summed E-state index contributed by atoms with van der Waals surface area (Å²) in [6.45, 7) is 3.66. The number of benzene rings is 1. The van der Waals surface area contributed by atoms with Gasteiger partial charge < -0.3 is 15.3 Å². The lowest BCUT2D eigenvalue weighted by Gasteiger charge is -2.20. The van der Waals surface area contributed by atoms with Crippen LogP contribution in [-0.4, -0.2) is 40.6 Å². The Kier molecular flexibility index (Phi) is 4.42. The molecule has 2 amide bonds. The van der Waals surface area contributed by atoms with Crippen molar-refractivity contribution in [1.29, 1.82) is 0 Å². The Balaban J connectivity index is 2.04. The third kappa shape index (κ3) is 3.69. The van der Waals surface area contributed by atoms with Crippen molar-refractivity contribution >= 4 is 39.2 Å². The van der Waals surface area contributed by atoms with Gasteiger partial charge in [-0.1, -0.05) is 6.92 Å². The van der Waals surface area contributed by atoms with Crippen LogP contribution in [0.2, 0.25) is 0 Å². The van der Waals surface area contributed by atoms with Gasteiger partial charge in [-0.25, -0.2) is 9.78 Å². The van der Waals surface area contributed by atoms with E-state index in [1.165, 1.54) is 4.90 Å². The van der Waals surface area contributed by atoms with Gasteiger partial charge in [0.1, 0.15) is 0 Å². The van der Waals surface area contributed by atoms with Crippen LogP contribution in [0.5, 0.6) is 0 Å². The molecular formula is C14H17N3O3S. The van der Waals surface area contributed by atoms with Gasteiger partial charge in [0.05, 0.1) is 21.1 Å². The fourth-order valence-corrected chi connectivity index (χ4v) is 2.77. The molecule has 112 valence electrons. The number of fused-ring (bicyclic) bond motifs is 1. The molecule has 1 aromatic carbocycles. The number of carbonyl (C=O) groups excluding carboxylic acids is 1. The maximum absolute atomic E-state index is 12.0. The molecule has 0 saturated carbocycles. The van der Waals surface area contributed by atoms with Crippen molar-refractivity contribution in [2.75, 3.05) is 18.9 Å². The predicted octanol–water partition coefficient (Wildman–Crippen LogP) is 2.79. The van der Waals surface area contributed by atoms with E-state index in [0.717, 1.165) is 15.2 Å². The number of aryl methyl sites for hydroxylation is 1. The maximum Gasteiger partial charge on any atom is 0.321 e. The zero-order valence-electron chi connectivity index (χ0n) is 12.1. The van der Waals surface area contributed by atoms with Crippen molar-refractivity contribution in [1.82, 2.24) is 9.88 Å². The predicted molar refractivity (Wildman–Crippen MR) is 82.8 cm³/mol. The SMILES string of the molecule is Cc1nc2ccc(NC(=O)N(C)CC(C)C(=O)O)cc2s1. The molecule has 0 radical (unpaired) electrons. The minimum Gasteiger partial charge on any atom is -0.481 e. The van der Waals surface area contributed by atoms with Crippen LogP contribution >= 0.6 is 11.3 Å². The van der Waals surface area contributed by atoms with Gasteiger partial charge in [-0.05, 0) is 25.1 Å². The van der Waals surface area contributed by atoms with Crippen LogP contribution in [0.3, 0.4) is 0 Å². The van der Waals surface area contributed by atoms with Gasteiger partial charge in [-0.3, -0.25) is 4.79 Å². The highest BCUT2D eigenvalue weighted by Crippen LogP contribution is 2.24. The number of rotatable bonds is 4. The molecular weight excluding hydrogens is 290 g/mol. The first-order valence-corrected chi connectivity index (χ1v) is 7.30. The smallest absolute Gasteiger partial charge is 0.321 e. The number of carboxylic acids is 1. The molecule has 0 bridgehead atoms. The molecule has 0 aliphatic rings. The second-order valence-electron chi connectivity index (χ2n) is 4.97. The van der Waals surface area contributed by atoms with E-state index in [1.807, 2.05) is 19.1 Å². The second-order valence-corrected chi connectivity index (χ2v) is 6.20. The average molecular weight is 307 g/mol. The summed E-state index contributed by atoms with van der Waals surface area (Å²) in [5.74, 6) is -1.52. The van der Waals surface area contributed by atoms with Gasteiger partial charge in [0.2, 0.25) is 0 Å². The number of aromatic nitrogens is 1. The first-order valence-electron chi connectivity index (χ1n) is 6.49. The van der Waals surface area contributed by atoms with Crippen LogP contribution in [0.15, 0.2) is 18.2 Å². The molecule has 1 atom stereocenters. The Morgan fingerprint density at radius 1 is 1.48 bits per heavy atom. The van der Waals surface area contributed by atoms with E-state index >= 15 is 0 Å². The summed E-state index contributed by atoms with van der Waals surface area (Å²) in [5.41, 5.74) is 1.58. The molecule has 6 nitrogen and oxygen atoms in total. The van der Waals surface area contributed by atoms with Crippen LogP contribution in [-0.2, 0) is 4.79 Å². The molecule has 2 N–H and O–H groups in total. The average Bonchev–Trinajstić information content (AvgIpc) is 2.77. The Morgan fingerprint density at radius 3 is 2.86 bits per heavy atom. The Bertz CT molecular complexity index is 683. The Labute approximate surface area is 126 Å². The molecule has 0 aliphatic carbocycles. The van der Waals surface area contributed by atoms with Crippen LogP contribution in [0.25, 0.3) is 10.2 Å². The number of urea groups is 1. The molecule has 1 heterocycles. The molecule has 2 rings (SSSR count). The number of hydrogen-bond donors (Lipinski definition) is 2. The Morgan fingerprint density at radius 2 is 2.19 bits per heavy atom. The lowest BCUT2D eigenvalue weighted by molar-refractivity contribution is -0.141. The van der Waals surface area contributed by atoms with E-state index in [9.17, 15) is 9.59 Å². The van der Waals surface area contributed by atoms with Gasteiger partial charge in [0.15, 0.2) is 0 Å². The van der Waals surface area contributed by atoms with Crippen LogP contribution < -0.4 is 5.32 Å². The van der Waals surface area contributed by atoms with Gasteiger partial charge in [0.25, 0.3) is 0 Å². The van der Waals surface area contributed by atoms with Crippen molar-refractivity contribution in [3.63, 3.8) is 0 Å². The lowest BCUT2D eigenvalue weighted by atomic mass is 10.2. The number of aliphatic carboxylic acids is 1. The van der Waals surface area contributed by atoms with Crippen LogP contribution in [0.1, 0.15) is 11.9 Å². The van der Waals surface area contributed by atoms with Gasteiger partial charge in [-0.15, -0.1) is 11.3 Å². The largest absolute Gasteiger partial charge is 0.481 e. The minimum absolute atomic E-state index is 0.156. The Hall–Kier alpha value is -2.15. The molecule has 7 heteroatoms. The third-order valence-electron chi connectivity index (χ3n) is 3.06. The summed E-state index contributed by atoms with van der Waals surface area (Å²) >= 11 is 1.56. The van der Waals surface area contributed by atoms with Crippen molar-refractivity contribution in [2.45, 2.75) is 13.8 Å². The normalized spacial score (nSPS) is 12.1. The fraction of sp³-hybridized carbons (Fsp3) is 0.357. The number of carboxylic acid groups (broad SMARTS) is 1. The zero-order valence-corrected chi connectivity index (χ0v) is 12.9. The summed E-state index contributed by atoms with van der Waals surface area (Å²) < 4.78 is 1.01. The van der Waals surface area contributed by atoms with E-state index in [0.29, 0.717) is 5.69 Å². The summed E-state index contributed by atoms with van der Waals surface area (Å²) in [7, 11) is 1.57. The minimum atomic E-state index is -0.920. The molecule has 21 heavy (non-hydrogen) atoms. The summed E-state index contributed by atoms with van der Waals surface area (Å²) in [5, 5.41) is 12.6. The highest BCUT2D eigenvalue weighted by atomic mass is 32.1. The zero-order chi connectivity index (χ0) is 15.6. The number of nitrogens with zero attached hydrogens (tertiary/aromatic N) is 2. The van der Waals surface area contributed by atoms with Crippen LogP contribution in [0, 0.1) is 12.8 Å². The topological polar surface area (TPSA) is 82.5 Å². The first kappa shape index (κ1) is 15.2. The molecule has 0 spiro atoms. The summed E-state index contributed by atoms with van der Waals surface area (Å²) in [4.78, 5) is 28.5. The molecule has 2 aromatic rings. The first-order chi connectivity index (χ1) is 9.86. The van der Waals surface area contributed by atoms with Gasteiger partial charge >= 0.3 is 12.0 Å². The van der Waals surface area contributed by atoms with Crippen molar-refractivity contribution in [3.05, 3.63) is 23.2 Å². The molecule has 0 aliphatic heterocycles. The molecule has 0 fully saturated rings.